The van der Waals surface area contributed by atoms with Crippen molar-refractivity contribution in [2.75, 3.05) is 11.2 Å². The first kappa shape index (κ1) is 21.4. The van der Waals surface area contributed by atoms with Gasteiger partial charge in [-0.2, -0.15) is 0 Å². The van der Waals surface area contributed by atoms with Gasteiger partial charge in [-0.05, 0) is 36.8 Å². The highest BCUT2D eigenvalue weighted by Gasteiger charge is 2.35. The fourth-order valence-electron chi connectivity index (χ4n) is 2.87. The van der Waals surface area contributed by atoms with E-state index in [0.29, 0.717) is 12.2 Å². The second-order valence-electron chi connectivity index (χ2n) is 6.43. The van der Waals surface area contributed by atoms with E-state index < -0.39 is 21.9 Å². The van der Waals surface area contributed by atoms with E-state index in [1.165, 1.54) is 40.3 Å². The molecule has 1 aliphatic rings. The maximum atomic E-state index is 12.4. The monoisotopic (exact) mass is 444 g/mol. The maximum absolute atomic E-state index is 12.4. The highest BCUT2D eigenvalue weighted by molar-refractivity contribution is 8.04. The van der Waals surface area contributed by atoms with Crippen LogP contribution in [0.1, 0.15) is 12.5 Å². The van der Waals surface area contributed by atoms with Crippen molar-refractivity contribution >= 4 is 27.5 Å². The summed E-state index contributed by atoms with van der Waals surface area (Å²) in [5.41, 5.74) is 0.902. The molecular formula is C19H19F3N2O3S2. The van der Waals surface area contributed by atoms with Gasteiger partial charge in [-0.1, -0.05) is 42.1 Å². The number of benzene rings is 2. The lowest BCUT2D eigenvalue weighted by Crippen LogP contribution is -2.44. The van der Waals surface area contributed by atoms with Crippen LogP contribution in [0.4, 0.5) is 18.9 Å². The van der Waals surface area contributed by atoms with E-state index >= 15 is 0 Å². The Hall–Kier alpha value is -2.33. The molecule has 156 valence electrons. The van der Waals surface area contributed by atoms with E-state index in [9.17, 15) is 21.6 Å². The van der Waals surface area contributed by atoms with Gasteiger partial charge in [0.05, 0.1) is 6.26 Å². The van der Waals surface area contributed by atoms with Crippen molar-refractivity contribution in [3.63, 3.8) is 0 Å². The van der Waals surface area contributed by atoms with E-state index in [-0.39, 0.29) is 5.75 Å². The van der Waals surface area contributed by atoms with E-state index in [0.717, 1.165) is 16.7 Å². The van der Waals surface area contributed by atoms with Gasteiger partial charge in [0.2, 0.25) is 10.0 Å². The fraction of sp³-hybridized carbons (Fsp3) is 0.263. The average molecular weight is 445 g/mol. The number of thioether (sulfide) groups is 1. The van der Waals surface area contributed by atoms with Crippen LogP contribution in [0.25, 0.3) is 0 Å². The average Bonchev–Trinajstić information content (AvgIpc) is 3.02. The lowest BCUT2D eigenvalue weighted by molar-refractivity contribution is -0.274. The molecule has 1 unspecified atom stereocenters. The summed E-state index contributed by atoms with van der Waals surface area (Å²) in [6.07, 6.45) is -2.10. The molecule has 10 heteroatoms. The molecule has 0 bridgehead atoms. The molecule has 29 heavy (non-hydrogen) atoms. The molecule has 0 saturated carbocycles. The van der Waals surface area contributed by atoms with Crippen LogP contribution < -0.4 is 9.64 Å². The van der Waals surface area contributed by atoms with E-state index in [2.05, 4.69) is 4.74 Å². The van der Waals surface area contributed by atoms with Gasteiger partial charge < -0.3 is 9.64 Å². The Morgan fingerprint density at radius 2 is 1.72 bits per heavy atom. The summed E-state index contributed by atoms with van der Waals surface area (Å²) < 4.78 is 67.1. The summed E-state index contributed by atoms with van der Waals surface area (Å²) in [5.74, 6) is -0.339. The number of hydrogen-bond acceptors (Lipinski definition) is 5. The molecule has 0 aromatic heterocycles. The summed E-state index contributed by atoms with van der Waals surface area (Å²) in [4.78, 5) is 2.64. The lowest BCUT2D eigenvalue weighted by atomic mass is 10.2. The van der Waals surface area contributed by atoms with Gasteiger partial charge in [0.1, 0.15) is 5.75 Å². The molecule has 0 amide bonds. The van der Waals surface area contributed by atoms with Crippen molar-refractivity contribution in [3.05, 3.63) is 71.3 Å². The summed E-state index contributed by atoms with van der Waals surface area (Å²) >= 11 is 1.36. The first-order valence-corrected chi connectivity index (χ1v) is 11.3. The van der Waals surface area contributed by atoms with Gasteiger partial charge in [-0.25, -0.2) is 12.7 Å². The van der Waals surface area contributed by atoms with Crippen molar-refractivity contribution < 1.29 is 26.3 Å². The van der Waals surface area contributed by atoms with Crippen molar-refractivity contribution in [2.24, 2.45) is 0 Å². The zero-order valence-corrected chi connectivity index (χ0v) is 17.3. The zero-order chi connectivity index (χ0) is 21.2. The number of hydrogen-bond donors (Lipinski definition) is 0. The molecule has 0 saturated heterocycles. The Kier molecular flexibility index (Phi) is 6.04. The Labute approximate surface area is 171 Å². The normalized spacial score (nSPS) is 17.2. The third kappa shape index (κ3) is 5.60. The number of nitrogens with zero attached hydrogens (tertiary/aromatic N) is 2. The highest BCUT2D eigenvalue weighted by Crippen LogP contribution is 2.39. The van der Waals surface area contributed by atoms with Crippen molar-refractivity contribution in [1.29, 1.82) is 0 Å². The molecule has 0 fully saturated rings. The Bertz CT molecular complexity index is 978. The standard InChI is InChI=1S/C19H19F3N2O3S2/c1-14-12-24(29(2,25)26)18(28-14)23(13-15-6-4-3-5-7-15)16-8-10-17(11-9-16)27-19(20,21)22/h3-12,18H,13H2,1-2H3. The zero-order valence-electron chi connectivity index (χ0n) is 15.6. The SMILES string of the molecule is CC1=CN(S(C)(=O)=O)C(N(Cc2ccccc2)c2ccc(OC(F)(F)F)cc2)S1. The van der Waals surface area contributed by atoms with Gasteiger partial charge in [-0.15, -0.1) is 13.2 Å². The third-order valence-corrected chi connectivity index (χ3v) is 6.44. The maximum Gasteiger partial charge on any atom is 0.573 e. The molecule has 0 spiro atoms. The van der Waals surface area contributed by atoms with E-state index in [4.69, 9.17) is 0 Å². The largest absolute Gasteiger partial charge is 0.573 e. The van der Waals surface area contributed by atoms with E-state index in [1.54, 1.807) is 6.20 Å². The van der Waals surface area contributed by atoms with Gasteiger partial charge in [0, 0.05) is 23.3 Å². The second-order valence-corrected chi connectivity index (χ2v) is 9.62. The molecule has 1 heterocycles. The lowest BCUT2D eigenvalue weighted by Gasteiger charge is -2.35. The van der Waals surface area contributed by atoms with Crippen molar-refractivity contribution in [2.45, 2.75) is 25.3 Å². The van der Waals surface area contributed by atoms with Crippen LogP contribution in [0, 0.1) is 0 Å². The van der Waals surface area contributed by atoms with Crippen LogP contribution in [-0.2, 0) is 16.6 Å². The quantitative estimate of drug-likeness (QED) is 0.644. The minimum atomic E-state index is -4.78. The Balaban J connectivity index is 1.95. The minimum Gasteiger partial charge on any atom is -0.406 e. The number of anilines is 1. The molecule has 5 nitrogen and oxygen atoms in total. The second kappa shape index (κ2) is 8.19. The molecule has 2 aromatic rings. The number of alkyl halides is 3. The van der Waals surface area contributed by atoms with Crippen molar-refractivity contribution in [1.82, 2.24) is 4.31 Å². The number of halogens is 3. The molecule has 2 aromatic carbocycles. The molecule has 0 N–H and O–H groups in total. The van der Waals surface area contributed by atoms with Crippen LogP contribution in [0.2, 0.25) is 0 Å². The summed E-state index contributed by atoms with van der Waals surface area (Å²) in [7, 11) is -3.54. The van der Waals surface area contributed by atoms with Crippen LogP contribution in [0.3, 0.4) is 0 Å². The number of sulfonamides is 1. The third-order valence-electron chi connectivity index (χ3n) is 4.07. The van der Waals surface area contributed by atoms with Gasteiger partial charge in [0.25, 0.3) is 0 Å². The Morgan fingerprint density at radius 3 is 2.28 bits per heavy atom. The molecule has 1 aliphatic heterocycles. The van der Waals surface area contributed by atoms with Gasteiger partial charge in [0.15, 0.2) is 5.50 Å². The smallest absolute Gasteiger partial charge is 0.406 e. The summed E-state index contributed by atoms with van der Waals surface area (Å²) in [6, 6.07) is 14.8. The molecule has 3 rings (SSSR count). The van der Waals surface area contributed by atoms with Crippen LogP contribution in [-0.4, -0.2) is 30.8 Å². The van der Waals surface area contributed by atoms with Crippen LogP contribution in [0.5, 0.6) is 5.75 Å². The van der Waals surface area contributed by atoms with Gasteiger partial charge >= 0.3 is 6.36 Å². The molecule has 1 atom stereocenters. The number of ether oxygens (including phenoxy) is 1. The van der Waals surface area contributed by atoms with Crippen molar-refractivity contribution in [3.8, 4) is 5.75 Å². The van der Waals surface area contributed by atoms with Gasteiger partial charge in [-0.3, -0.25) is 0 Å². The number of allylic oxidation sites excluding steroid dienone is 1. The Morgan fingerprint density at radius 1 is 1.10 bits per heavy atom. The minimum absolute atomic E-state index is 0.339. The van der Waals surface area contributed by atoms with Crippen LogP contribution >= 0.6 is 11.8 Å². The predicted molar refractivity (Wildman–Crippen MR) is 108 cm³/mol. The first-order chi connectivity index (χ1) is 13.5. The van der Waals surface area contributed by atoms with E-state index in [1.807, 2.05) is 42.2 Å². The molecule has 0 aliphatic carbocycles. The molecule has 0 radical (unpaired) electrons. The highest BCUT2D eigenvalue weighted by atomic mass is 32.2. The first-order valence-electron chi connectivity index (χ1n) is 8.53. The number of rotatable bonds is 6. The topological polar surface area (TPSA) is 49.9 Å². The fourth-order valence-corrected chi connectivity index (χ4v) is 5.32. The predicted octanol–water partition coefficient (Wildman–Crippen LogP) is 4.75. The van der Waals surface area contributed by atoms with Crippen LogP contribution in [0.15, 0.2) is 65.7 Å². The summed E-state index contributed by atoms with van der Waals surface area (Å²) in [5, 5.41) is 0. The molecular weight excluding hydrogens is 425 g/mol. The summed E-state index contributed by atoms with van der Waals surface area (Å²) in [6.45, 7) is 2.18.